The van der Waals surface area contributed by atoms with Crippen molar-refractivity contribution in [3.63, 3.8) is 0 Å². The quantitative estimate of drug-likeness (QED) is 0.905. The Balaban J connectivity index is 2.12. The third-order valence-corrected chi connectivity index (χ3v) is 2.61. The summed E-state index contributed by atoms with van der Waals surface area (Å²) < 4.78 is 12.8. The maximum atomic E-state index is 12.8. The average Bonchev–Trinajstić information content (AvgIpc) is 2.40. The lowest BCUT2D eigenvalue weighted by atomic mass is 10.1. The smallest absolute Gasteiger partial charge is 0.274 e. The summed E-state index contributed by atoms with van der Waals surface area (Å²) in [5.74, 6) is -0.679. The molecule has 2 rings (SSSR count). The average molecular weight is 287 g/mol. The fourth-order valence-electron chi connectivity index (χ4n) is 1.79. The highest BCUT2D eigenvalue weighted by Crippen LogP contribution is 2.16. The van der Waals surface area contributed by atoms with Gasteiger partial charge in [0.25, 0.3) is 5.91 Å². The molecule has 0 spiro atoms. The molecule has 21 heavy (non-hydrogen) atoms. The first kappa shape index (κ1) is 15.0. The largest absolute Gasteiger partial charge is 0.380 e. The van der Waals surface area contributed by atoms with Gasteiger partial charge in [0.05, 0.1) is 0 Å². The molecule has 0 fully saturated rings. The molecule has 110 valence electrons. The Kier molecular flexibility index (Phi) is 4.21. The molecule has 0 saturated carbocycles. The number of halogens is 1. The van der Waals surface area contributed by atoms with Crippen molar-refractivity contribution in [2.45, 2.75) is 26.3 Å². The molecule has 0 atom stereocenters. The van der Waals surface area contributed by atoms with Crippen LogP contribution in [0, 0.1) is 5.82 Å². The summed E-state index contributed by atoms with van der Waals surface area (Å²) in [7, 11) is 0. The van der Waals surface area contributed by atoms with Gasteiger partial charge < -0.3 is 10.6 Å². The van der Waals surface area contributed by atoms with E-state index in [1.165, 1.54) is 24.3 Å². The highest BCUT2D eigenvalue weighted by molar-refractivity contribution is 6.03. The Labute approximate surface area is 123 Å². The molecule has 0 aliphatic heterocycles. The van der Waals surface area contributed by atoms with Crippen molar-refractivity contribution in [3.8, 4) is 0 Å². The summed E-state index contributed by atoms with van der Waals surface area (Å²) >= 11 is 0. The molecular weight excluding hydrogens is 269 g/mol. The molecule has 2 N–H and O–H groups in total. The van der Waals surface area contributed by atoms with E-state index in [1.807, 2.05) is 20.8 Å². The van der Waals surface area contributed by atoms with Gasteiger partial charge in [-0.1, -0.05) is 0 Å². The molecule has 2 aromatic rings. The molecule has 1 amide bonds. The number of hydrogen-bond donors (Lipinski definition) is 2. The van der Waals surface area contributed by atoms with Gasteiger partial charge in [0.15, 0.2) is 0 Å². The number of benzene rings is 1. The van der Waals surface area contributed by atoms with Crippen molar-refractivity contribution in [2.24, 2.45) is 0 Å². The lowest BCUT2D eigenvalue weighted by Crippen LogP contribution is -2.26. The number of carbonyl (C=O) groups is 1. The Morgan fingerprint density at radius 3 is 2.38 bits per heavy atom. The zero-order chi connectivity index (χ0) is 15.5. The van der Waals surface area contributed by atoms with Crippen molar-refractivity contribution < 1.29 is 9.18 Å². The summed E-state index contributed by atoms with van der Waals surface area (Å²) in [5, 5.41) is 5.96. The van der Waals surface area contributed by atoms with Crippen LogP contribution in [-0.4, -0.2) is 16.4 Å². The second kappa shape index (κ2) is 5.91. The second-order valence-corrected chi connectivity index (χ2v) is 5.77. The Bertz CT molecular complexity index is 633. The van der Waals surface area contributed by atoms with Gasteiger partial charge >= 0.3 is 0 Å². The Morgan fingerprint density at radius 2 is 1.76 bits per heavy atom. The molecule has 0 saturated heterocycles. The SMILES string of the molecule is CC(C)(C)Nc1ccnc(C(=O)Nc2ccc(F)cc2)c1. The van der Waals surface area contributed by atoms with Crippen LogP contribution in [-0.2, 0) is 0 Å². The first-order chi connectivity index (χ1) is 9.83. The highest BCUT2D eigenvalue weighted by atomic mass is 19.1. The molecule has 1 aromatic heterocycles. The number of anilines is 2. The second-order valence-electron chi connectivity index (χ2n) is 5.77. The van der Waals surface area contributed by atoms with E-state index in [9.17, 15) is 9.18 Å². The van der Waals surface area contributed by atoms with Gasteiger partial charge in [-0.05, 0) is 57.2 Å². The summed E-state index contributed by atoms with van der Waals surface area (Å²) in [6, 6.07) is 9.08. The predicted molar refractivity (Wildman–Crippen MR) is 82.0 cm³/mol. The fourth-order valence-corrected chi connectivity index (χ4v) is 1.79. The normalized spacial score (nSPS) is 11.0. The van der Waals surface area contributed by atoms with Crippen LogP contribution in [0.2, 0.25) is 0 Å². The zero-order valence-corrected chi connectivity index (χ0v) is 12.3. The van der Waals surface area contributed by atoms with Crippen molar-refractivity contribution in [1.29, 1.82) is 0 Å². The van der Waals surface area contributed by atoms with Gasteiger partial charge in [0, 0.05) is 23.1 Å². The van der Waals surface area contributed by atoms with Crippen LogP contribution in [0.15, 0.2) is 42.6 Å². The van der Waals surface area contributed by atoms with Crippen LogP contribution in [0.3, 0.4) is 0 Å². The molecule has 0 radical (unpaired) electrons. The van der Waals surface area contributed by atoms with E-state index in [4.69, 9.17) is 0 Å². The van der Waals surface area contributed by atoms with E-state index < -0.39 is 0 Å². The predicted octanol–water partition coefficient (Wildman–Crippen LogP) is 3.68. The maximum absolute atomic E-state index is 12.8. The molecule has 0 aliphatic rings. The molecule has 5 heteroatoms. The third-order valence-electron chi connectivity index (χ3n) is 2.61. The van der Waals surface area contributed by atoms with Crippen LogP contribution < -0.4 is 10.6 Å². The van der Waals surface area contributed by atoms with Gasteiger partial charge in [0.1, 0.15) is 11.5 Å². The van der Waals surface area contributed by atoms with Crippen LogP contribution >= 0.6 is 0 Å². The Morgan fingerprint density at radius 1 is 1.10 bits per heavy atom. The van der Waals surface area contributed by atoms with Gasteiger partial charge in [-0.25, -0.2) is 4.39 Å². The first-order valence-corrected chi connectivity index (χ1v) is 6.65. The highest BCUT2D eigenvalue weighted by Gasteiger charge is 2.12. The number of rotatable bonds is 3. The summed E-state index contributed by atoms with van der Waals surface area (Å²) in [4.78, 5) is 16.2. The van der Waals surface area contributed by atoms with E-state index in [1.54, 1.807) is 18.3 Å². The summed E-state index contributed by atoms with van der Waals surface area (Å²) in [6.45, 7) is 6.10. The van der Waals surface area contributed by atoms with E-state index >= 15 is 0 Å². The van der Waals surface area contributed by atoms with Gasteiger partial charge in [-0.15, -0.1) is 0 Å². The standard InChI is InChI=1S/C16H18FN3O/c1-16(2,3)20-13-8-9-18-14(10-13)15(21)19-12-6-4-11(17)5-7-12/h4-10H,1-3H3,(H,18,20)(H,19,21). The minimum absolute atomic E-state index is 0.105. The number of nitrogens with one attached hydrogen (secondary N) is 2. The zero-order valence-electron chi connectivity index (χ0n) is 12.3. The van der Waals surface area contributed by atoms with E-state index in [2.05, 4.69) is 15.6 Å². The van der Waals surface area contributed by atoms with Crippen molar-refractivity contribution in [1.82, 2.24) is 4.98 Å². The molecule has 1 aromatic carbocycles. The number of aromatic nitrogens is 1. The lowest BCUT2D eigenvalue weighted by molar-refractivity contribution is 0.102. The van der Waals surface area contributed by atoms with Gasteiger partial charge in [-0.3, -0.25) is 9.78 Å². The number of carbonyl (C=O) groups excluding carboxylic acids is 1. The minimum Gasteiger partial charge on any atom is -0.380 e. The summed E-state index contributed by atoms with van der Waals surface area (Å²) in [5.41, 5.74) is 1.54. The maximum Gasteiger partial charge on any atom is 0.274 e. The Hall–Kier alpha value is -2.43. The molecule has 0 unspecified atom stereocenters. The number of pyridine rings is 1. The van der Waals surface area contributed by atoms with Gasteiger partial charge in [0.2, 0.25) is 0 Å². The first-order valence-electron chi connectivity index (χ1n) is 6.65. The van der Waals surface area contributed by atoms with Crippen LogP contribution in [0.25, 0.3) is 0 Å². The van der Waals surface area contributed by atoms with E-state index in [0.29, 0.717) is 11.4 Å². The minimum atomic E-state index is -0.345. The van der Waals surface area contributed by atoms with Gasteiger partial charge in [-0.2, -0.15) is 0 Å². The number of amides is 1. The van der Waals surface area contributed by atoms with Crippen molar-refractivity contribution in [3.05, 3.63) is 54.1 Å². The van der Waals surface area contributed by atoms with Crippen LogP contribution in [0.5, 0.6) is 0 Å². The fraction of sp³-hybridized carbons (Fsp3) is 0.250. The molecule has 4 nitrogen and oxygen atoms in total. The molecule has 0 bridgehead atoms. The molecule has 1 heterocycles. The third kappa shape index (κ3) is 4.56. The lowest BCUT2D eigenvalue weighted by Gasteiger charge is -2.22. The van der Waals surface area contributed by atoms with E-state index in [0.717, 1.165) is 5.69 Å². The summed E-state index contributed by atoms with van der Waals surface area (Å²) in [6.07, 6.45) is 1.58. The molecule has 0 aliphatic carbocycles. The van der Waals surface area contributed by atoms with Crippen molar-refractivity contribution in [2.75, 3.05) is 10.6 Å². The molecular formula is C16H18FN3O. The van der Waals surface area contributed by atoms with E-state index in [-0.39, 0.29) is 17.3 Å². The van der Waals surface area contributed by atoms with Crippen LogP contribution in [0.1, 0.15) is 31.3 Å². The monoisotopic (exact) mass is 287 g/mol. The van der Waals surface area contributed by atoms with Crippen molar-refractivity contribution >= 4 is 17.3 Å². The number of nitrogens with zero attached hydrogens (tertiary/aromatic N) is 1. The topological polar surface area (TPSA) is 54.0 Å². The van der Waals surface area contributed by atoms with Crippen LogP contribution in [0.4, 0.5) is 15.8 Å². The number of hydrogen-bond acceptors (Lipinski definition) is 3.